The van der Waals surface area contributed by atoms with E-state index in [-0.39, 0.29) is 25.7 Å². The van der Waals surface area contributed by atoms with Crippen LogP contribution in [0.15, 0.2) is 72.9 Å². The largest absolute Gasteiger partial charge is 0.472 e. The highest BCUT2D eigenvalue weighted by atomic mass is 31.2. The molecule has 0 fully saturated rings. The normalized spacial score (nSPS) is 14.2. The number of rotatable bonds is 78. The van der Waals surface area contributed by atoms with E-state index in [9.17, 15) is 43.2 Å². The number of unbranched alkanes of at least 4 members (excludes halogenated alkanes) is 40. The average molecular weight is 1480 g/mol. The summed E-state index contributed by atoms with van der Waals surface area (Å²) in [5.41, 5.74) is 0. The first-order valence-corrected chi connectivity index (χ1v) is 44.2. The van der Waals surface area contributed by atoms with Gasteiger partial charge in [0.25, 0.3) is 0 Å². The Morgan fingerprint density at radius 3 is 0.814 bits per heavy atom. The van der Waals surface area contributed by atoms with Crippen molar-refractivity contribution in [1.29, 1.82) is 0 Å². The van der Waals surface area contributed by atoms with Crippen LogP contribution in [-0.4, -0.2) is 96.7 Å². The molecule has 2 unspecified atom stereocenters. The number of carbonyl (C=O) groups is 4. The van der Waals surface area contributed by atoms with E-state index in [0.29, 0.717) is 32.1 Å². The summed E-state index contributed by atoms with van der Waals surface area (Å²) in [6.45, 7) is 4.83. The third-order valence-corrected chi connectivity index (χ3v) is 19.5. The van der Waals surface area contributed by atoms with Gasteiger partial charge in [0.2, 0.25) is 0 Å². The fraction of sp³-hybridized carbons (Fsp3) is 0.807. The Morgan fingerprint density at radius 1 is 0.275 bits per heavy atom. The van der Waals surface area contributed by atoms with Crippen LogP contribution in [0.5, 0.6) is 0 Å². The van der Waals surface area contributed by atoms with Crippen molar-refractivity contribution in [2.45, 2.75) is 393 Å². The molecule has 0 aliphatic heterocycles. The van der Waals surface area contributed by atoms with Gasteiger partial charge in [0.05, 0.1) is 26.4 Å². The minimum Gasteiger partial charge on any atom is -0.462 e. The maximum Gasteiger partial charge on any atom is 0.472 e. The summed E-state index contributed by atoms with van der Waals surface area (Å²) in [5.74, 6) is -2.22. The second-order valence-corrected chi connectivity index (χ2v) is 30.6. The number of ether oxygens (including phenoxy) is 4. The van der Waals surface area contributed by atoms with E-state index in [1.165, 1.54) is 161 Å². The summed E-state index contributed by atoms with van der Waals surface area (Å²) in [6.07, 6.45) is 77.3. The van der Waals surface area contributed by atoms with Crippen molar-refractivity contribution in [2.24, 2.45) is 0 Å². The monoisotopic (exact) mass is 1480 g/mol. The Kier molecular flexibility index (Phi) is 73.1. The van der Waals surface area contributed by atoms with Crippen molar-refractivity contribution >= 4 is 39.5 Å². The van der Waals surface area contributed by atoms with Gasteiger partial charge in [0.1, 0.15) is 19.3 Å². The minimum absolute atomic E-state index is 0.0763. The van der Waals surface area contributed by atoms with E-state index in [1.807, 2.05) is 12.2 Å². The number of esters is 4. The first-order valence-electron chi connectivity index (χ1n) is 41.2. The van der Waals surface area contributed by atoms with Gasteiger partial charge in [-0.3, -0.25) is 37.3 Å². The van der Waals surface area contributed by atoms with Gasteiger partial charge in [-0.2, -0.15) is 0 Å². The van der Waals surface area contributed by atoms with Gasteiger partial charge in [0.15, 0.2) is 12.2 Å². The Balaban J connectivity index is 5.38. The predicted octanol–water partition coefficient (Wildman–Crippen LogP) is 24.0. The molecule has 0 radical (unpaired) electrons. The van der Waals surface area contributed by atoms with Crippen molar-refractivity contribution < 1.29 is 80.2 Å². The maximum atomic E-state index is 13.1. The lowest BCUT2D eigenvalue weighted by molar-refractivity contribution is -0.161. The first kappa shape index (κ1) is 98.5. The van der Waals surface area contributed by atoms with Crippen LogP contribution in [0.4, 0.5) is 0 Å². The Bertz CT molecular complexity index is 2210. The van der Waals surface area contributed by atoms with Crippen LogP contribution >= 0.6 is 15.6 Å². The SMILES string of the molecule is CCCCC/C=C\C/C=C\C/C=C\C/C=C\CCCC(=O)OC[C@H](COP(=O)(O)OC[C@@H](O)COP(=O)(O)OC[C@@H](COC(=O)CCCCCCCCC/C=C\CCCCCC)OC(=O)CCCCCCCCCCCCCCCCC)OC(=O)CCCCCCC/C=C\CCCCCCCC. The van der Waals surface area contributed by atoms with Crippen LogP contribution in [0.2, 0.25) is 0 Å². The zero-order valence-corrected chi connectivity index (χ0v) is 66.8. The molecule has 594 valence electrons. The number of hydrogen-bond donors (Lipinski definition) is 3. The molecule has 0 saturated heterocycles. The molecule has 5 atom stereocenters. The van der Waals surface area contributed by atoms with Crippen molar-refractivity contribution in [3.8, 4) is 0 Å². The van der Waals surface area contributed by atoms with Crippen molar-refractivity contribution in [2.75, 3.05) is 39.6 Å². The Labute approximate surface area is 622 Å². The molecule has 17 nitrogen and oxygen atoms in total. The summed E-state index contributed by atoms with van der Waals surface area (Å²) in [4.78, 5) is 73.0. The van der Waals surface area contributed by atoms with Gasteiger partial charge >= 0.3 is 39.5 Å². The second kappa shape index (κ2) is 75.7. The van der Waals surface area contributed by atoms with E-state index in [1.54, 1.807) is 0 Å². The van der Waals surface area contributed by atoms with Crippen LogP contribution in [0, 0.1) is 0 Å². The van der Waals surface area contributed by atoms with E-state index in [4.69, 9.17) is 37.0 Å². The smallest absolute Gasteiger partial charge is 0.462 e. The summed E-state index contributed by atoms with van der Waals surface area (Å²) in [7, 11) is -9.96. The van der Waals surface area contributed by atoms with Crippen LogP contribution in [0.25, 0.3) is 0 Å². The maximum absolute atomic E-state index is 13.1. The van der Waals surface area contributed by atoms with E-state index in [2.05, 4.69) is 88.5 Å². The van der Waals surface area contributed by atoms with Gasteiger partial charge in [-0.1, -0.05) is 306 Å². The summed E-state index contributed by atoms with van der Waals surface area (Å²) < 4.78 is 68.6. The van der Waals surface area contributed by atoms with Crippen LogP contribution < -0.4 is 0 Å². The standard InChI is InChI=1S/C83H150O17P2/c1-5-9-13-17-21-25-29-33-37-38-42-44-48-52-56-60-64-68-81(86)94-74-79(100-83(88)70-66-62-58-54-50-46-41-36-32-28-24-20-16-12-8-4)76-98-102(91,92)96-72-77(84)71-95-101(89,90)97-75-78(99-82(87)69-65-61-57-53-49-45-40-35-31-27-23-19-15-11-7-3)73-93-80(85)67-63-59-55-51-47-43-39-34-30-26-22-18-14-10-6-2/h21,25-26,30,33,36-37,41-42,44,52,56,77-79,84H,5-20,22-24,27-29,31-32,34-35,38-40,43,45-51,53-55,57-76H2,1-4H3,(H,89,90)(H,91,92)/b25-21-,30-26-,37-33-,41-36-,44-42-,56-52-/t77-,78+,79+/m0/s1. The molecule has 0 rings (SSSR count). The lowest BCUT2D eigenvalue weighted by atomic mass is 10.0. The number of aliphatic hydroxyl groups excluding tert-OH is 1. The molecule has 0 amide bonds. The number of allylic oxidation sites excluding steroid dienone is 12. The third kappa shape index (κ3) is 74.8. The van der Waals surface area contributed by atoms with Gasteiger partial charge < -0.3 is 33.8 Å². The minimum atomic E-state index is -4.99. The summed E-state index contributed by atoms with van der Waals surface area (Å²) in [5, 5.41) is 10.6. The third-order valence-electron chi connectivity index (χ3n) is 17.6. The highest BCUT2D eigenvalue weighted by molar-refractivity contribution is 7.47. The summed E-state index contributed by atoms with van der Waals surface area (Å²) in [6, 6.07) is 0. The van der Waals surface area contributed by atoms with Gasteiger partial charge in [0, 0.05) is 25.7 Å². The molecule has 19 heteroatoms. The fourth-order valence-corrected chi connectivity index (χ4v) is 12.9. The Morgan fingerprint density at radius 2 is 0.490 bits per heavy atom. The molecular weight excluding hydrogens is 1330 g/mol. The van der Waals surface area contributed by atoms with E-state index < -0.39 is 97.5 Å². The van der Waals surface area contributed by atoms with E-state index >= 15 is 0 Å². The highest BCUT2D eigenvalue weighted by Crippen LogP contribution is 2.45. The predicted molar refractivity (Wildman–Crippen MR) is 418 cm³/mol. The molecule has 0 aromatic rings. The molecule has 0 aliphatic carbocycles. The highest BCUT2D eigenvalue weighted by Gasteiger charge is 2.30. The number of phosphoric ester groups is 2. The molecule has 0 saturated carbocycles. The Hall–Kier alpha value is -3.50. The molecule has 0 aliphatic rings. The zero-order chi connectivity index (χ0) is 74.6. The molecule has 0 aromatic heterocycles. The van der Waals surface area contributed by atoms with Gasteiger partial charge in [-0.15, -0.1) is 0 Å². The topological polar surface area (TPSA) is 237 Å². The number of phosphoric acid groups is 2. The van der Waals surface area contributed by atoms with Crippen molar-refractivity contribution in [1.82, 2.24) is 0 Å². The van der Waals surface area contributed by atoms with Crippen molar-refractivity contribution in [3.05, 3.63) is 72.9 Å². The lowest BCUT2D eigenvalue weighted by Gasteiger charge is -2.21. The van der Waals surface area contributed by atoms with Crippen LogP contribution in [0.1, 0.15) is 374 Å². The molecule has 0 bridgehead atoms. The lowest BCUT2D eigenvalue weighted by Crippen LogP contribution is -2.30. The summed E-state index contributed by atoms with van der Waals surface area (Å²) >= 11 is 0. The zero-order valence-electron chi connectivity index (χ0n) is 65.0. The molecule has 0 aromatic carbocycles. The van der Waals surface area contributed by atoms with Crippen LogP contribution in [0.3, 0.4) is 0 Å². The molecule has 0 heterocycles. The molecular formula is C83H150O17P2. The number of carbonyl (C=O) groups excluding carboxylic acids is 4. The quantitative estimate of drug-likeness (QED) is 0.0169. The van der Waals surface area contributed by atoms with Crippen LogP contribution in [-0.2, 0) is 65.4 Å². The number of aliphatic hydroxyl groups is 1. The molecule has 0 spiro atoms. The fourth-order valence-electron chi connectivity index (χ4n) is 11.3. The van der Waals surface area contributed by atoms with Gasteiger partial charge in [-0.25, -0.2) is 9.13 Å². The molecule has 102 heavy (non-hydrogen) atoms. The van der Waals surface area contributed by atoms with Gasteiger partial charge in [-0.05, 0) is 116 Å². The molecule has 3 N–H and O–H groups in total. The average Bonchev–Trinajstić information content (AvgIpc) is 0.923. The number of hydrogen-bond acceptors (Lipinski definition) is 15. The van der Waals surface area contributed by atoms with Crippen molar-refractivity contribution in [3.63, 3.8) is 0 Å². The first-order chi connectivity index (χ1) is 49.7. The van der Waals surface area contributed by atoms with E-state index in [0.717, 1.165) is 128 Å². The second-order valence-electron chi connectivity index (χ2n) is 27.7.